The molecule has 0 unspecified atom stereocenters. The van der Waals surface area contributed by atoms with Crippen LogP contribution in [0.2, 0.25) is 0 Å². The molecule has 0 spiro atoms. The van der Waals surface area contributed by atoms with Gasteiger partial charge in [-0.05, 0) is 55.3 Å². The third kappa shape index (κ3) is 6.98. The number of amides is 1. The number of hydrogen-bond acceptors (Lipinski definition) is 5. The van der Waals surface area contributed by atoms with Gasteiger partial charge in [-0.15, -0.1) is 0 Å². The maximum absolute atomic E-state index is 12.2. The van der Waals surface area contributed by atoms with Crippen LogP contribution in [0.3, 0.4) is 0 Å². The third-order valence-electron chi connectivity index (χ3n) is 4.38. The number of carbonyl (C=O) groups excluding carboxylic acids is 1. The second-order valence-corrected chi connectivity index (χ2v) is 8.64. The molecule has 1 N–H and O–H groups in total. The molecule has 0 heterocycles. The molecule has 0 radical (unpaired) electrons. The van der Waals surface area contributed by atoms with Crippen LogP contribution >= 0.6 is 0 Å². The van der Waals surface area contributed by atoms with Gasteiger partial charge in [-0.3, -0.25) is 9.10 Å². The minimum Gasteiger partial charge on any atom is -0.492 e. The Morgan fingerprint density at radius 2 is 1.66 bits per heavy atom. The van der Waals surface area contributed by atoms with Gasteiger partial charge in [0.15, 0.2) is 6.10 Å². The number of aryl methyl sites for hydroxylation is 1. The van der Waals surface area contributed by atoms with E-state index in [4.69, 9.17) is 9.47 Å². The van der Waals surface area contributed by atoms with Crippen molar-refractivity contribution < 1.29 is 22.7 Å². The molecule has 29 heavy (non-hydrogen) atoms. The molecule has 8 heteroatoms. The van der Waals surface area contributed by atoms with Gasteiger partial charge in [0.2, 0.25) is 10.0 Å². The first-order valence-corrected chi connectivity index (χ1v) is 11.3. The molecule has 1 amide bonds. The van der Waals surface area contributed by atoms with Crippen molar-refractivity contribution in [3.8, 4) is 11.5 Å². The highest BCUT2D eigenvalue weighted by Crippen LogP contribution is 2.21. The minimum absolute atomic E-state index is 0.257. The lowest BCUT2D eigenvalue weighted by atomic mass is 10.2. The number of carbonyl (C=O) groups is 1. The number of nitrogens with one attached hydrogen (secondary N) is 1. The van der Waals surface area contributed by atoms with Crippen LogP contribution in [-0.4, -0.2) is 46.9 Å². The summed E-state index contributed by atoms with van der Waals surface area (Å²) in [4.78, 5) is 12.2. The fourth-order valence-corrected chi connectivity index (χ4v) is 3.00. The maximum Gasteiger partial charge on any atom is 0.260 e. The summed E-state index contributed by atoms with van der Waals surface area (Å²) in [6, 6.07) is 14.4. The number of ether oxygens (including phenoxy) is 2. The van der Waals surface area contributed by atoms with E-state index in [-0.39, 0.29) is 5.91 Å². The predicted octanol–water partition coefficient (Wildman–Crippen LogP) is 2.61. The Kier molecular flexibility index (Phi) is 7.90. The molecule has 0 saturated carbocycles. The van der Waals surface area contributed by atoms with Crippen molar-refractivity contribution in [2.75, 3.05) is 30.8 Å². The van der Waals surface area contributed by atoms with E-state index in [9.17, 15) is 13.2 Å². The Balaban J connectivity index is 1.76. The molecule has 0 aromatic heterocycles. The van der Waals surface area contributed by atoms with Crippen molar-refractivity contribution in [2.45, 2.75) is 26.4 Å². The van der Waals surface area contributed by atoms with E-state index >= 15 is 0 Å². The lowest BCUT2D eigenvalue weighted by molar-refractivity contribution is -0.127. The predicted molar refractivity (Wildman–Crippen MR) is 114 cm³/mol. The van der Waals surface area contributed by atoms with Gasteiger partial charge in [0.05, 0.1) is 18.5 Å². The first-order chi connectivity index (χ1) is 13.7. The largest absolute Gasteiger partial charge is 0.492 e. The topological polar surface area (TPSA) is 84.9 Å². The lowest BCUT2D eigenvalue weighted by Gasteiger charge is -2.18. The molecule has 2 rings (SSSR count). The van der Waals surface area contributed by atoms with E-state index in [0.29, 0.717) is 24.6 Å². The smallest absolute Gasteiger partial charge is 0.260 e. The molecule has 1 atom stereocenters. The quantitative estimate of drug-likeness (QED) is 0.597. The van der Waals surface area contributed by atoms with Crippen LogP contribution < -0.4 is 19.1 Å². The van der Waals surface area contributed by atoms with Crippen LogP contribution in [0.5, 0.6) is 11.5 Å². The van der Waals surface area contributed by atoms with Gasteiger partial charge in [-0.1, -0.05) is 19.1 Å². The Labute approximate surface area is 172 Å². The number of hydrogen-bond donors (Lipinski definition) is 1. The highest BCUT2D eigenvalue weighted by molar-refractivity contribution is 7.92. The van der Waals surface area contributed by atoms with Gasteiger partial charge in [0.25, 0.3) is 5.91 Å². The fraction of sp³-hybridized carbons (Fsp3) is 0.381. The number of anilines is 1. The van der Waals surface area contributed by atoms with Crippen molar-refractivity contribution in [1.82, 2.24) is 5.32 Å². The van der Waals surface area contributed by atoms with Crippen LogP contribution in [-0.2, 0) is 21.2 Å². The van der Waals surface area contributed by atoms with Gasteiger partial charge < -0.3 is 14.8 Å². The van der Waals surface area contributed by atoms with E-state index in [1.807, 2.05) is 24.3 Å². The van der Waals surface area contributed by atoms with Gasteiger partial charge in [0.1, 0.15) is 18.1 Å². The molecule has 7 nitrogen and oxygen atoms in total. The first-order valence-electron chi connectivity index (χ1n) is 9.40. The zero-order chi connectivity index (χ0) is 21.4. The SMILES string of the molecule is CCc1ccc(OCCNC(=O)[C@@H](C)Oc2ccc(N(C)S(C)(=O)=O)cc2)cc1. The van der Waals surface area contributed by atoms with E-state index in [1.54, 1.807) is 31.2 Å². The molecular weight excluding hydrogens is 392 g/mol. The second kappa shape index (κ2) is 10.2. The van der Waals surface area contributed by atoms with E-state index in [0.717, 1.165) is 18.4 Å². The normalized spacial score (nSPS) is 12.1. The van der Waals surface area contributed by atoms with Gasteiger partial charge in [-0.25, -0.2) is 8.42 Å². The zero-order valence-electron chi connectivity index (χ0n) is 17.2. The summed E-state index contributed by atoms with van der Waals surface area (Å²) in [5, 5.41) is 2.77. The molecule has 2 aromatic rings. The first kappa shape index (κ1) is 22.5. The van der Waals surface area contributed by atoms with Gasteiger partial charge >= 0.3 is 0 Å². The molecule has 0 aliphatic rings. The molecule has 0 fully saturated rings. The van der Waals surface area contributed by atoms with Crippen molar-refractivity contribution in [3.63, 3.8) is 0 Å². The van der Waals surface area contributed by atoms with E-state index < -0.39 is 16.1 Å². The van der Waals surface area contributed by atoms with Crippen LogP contribution in [0.25, 0.3) is 0 Å². The van der Waals surface area contributed by atoms with E-state index in [1.165, 1.54) is 16.9 Å². The molecule has 0 saturated heterocycles. The van der Waals surface area contributed by atoms with E-state index in [2.05, 4.69) is 12.2 Å². The summed E-state index contributed by atoms with van der Waals surface area (Å²) < 4.78 is 35.5. The lowest BCUT2D eigenvalue weighted by Crippen LogP contribution is -2.38. The standard InChI is InChI=1S/C21H28N2O5S/c1-5-17-6-10-19(11-7-17)27-15-14-22-21(24)16(2)28-20-12-8-18(9-13-20)23(3)29(4,25)26/h6-13,16H,5,14-15H2,1-4H3,(H,22,24)/t16-/m1/s1. The number of benzene rings is 2. The fourth-order valence-electron chi connectivity index (χ4n) is 2.49. The maximum atomic E-state index is 12.2. The van der Waals surface area contributed by atoms with Gasteiger partial charge in [0, 0.05) is 7.05 Å². The Morgan fingerprint density at radius 1 is 1.07 bits per heavy atom. The summed E-state index contributed by atoms with van der Waals surface area (Å²) in [5.74, 6) is 0.984. The minimum atomic E-state index is -3.33. The number of nitrogens with zero attached hydrogens (tertiary/aromatic N) is 1. The van der Waals surface area contributed by atoms with Crippen molar-refractivity contribution in [1.29, 1.82) is 0 Å². The van der Waals surface area contributed by atoms with Crippen molar-refractivity contribution in [3.05, 3.63) is 54.1 Å². The zero-order valence-corrected chi connectivity index (χ0v) is 18.0. The van der Waals surface area contributed by atoms with Gasteiger partial charge in [-0.2, -0.15) is 0 Å². The molecule has 0 aliphatic heterocycles. The Hall–Kier alpha value is -2.74. The summed E-state index contributed by atoms with van der Waals surface area (Å²) >= 11 is 0. The Bertz CT molecular complexity index is 896. The van der Waals surface area contributed by atoms with Crippen LogP contribution in [0.1, 0.15) is 19.4 Å². The molecule has 158 valence electrons. The number of sulfonamides is 1. The average molecular weight is 421 g/mol. The molecule has 0 bridgehead atoms. The van der Waals surface area contributed by atoms with Crippen molar-refractivity contribution in [2.24, 2.45) is 0 Å². The monoisotopic (exact) mass is 420 g/mol. The third-order valence-corrected chi connectivity index (χ3v) is 5.59. The van der Waals surface area contributed by atoms with Crippen LogP contribution in [0, 0.1) is 0 Å². The second-order valence-electron chi connectivity index (χ2n) is 6.62. The summed E-state index contributed by atoms with van der Waals surface area (Å²) in [6.45, 7) is 4.46. The highest BCUT2D eigenvalue weighted by Gasteiger charge is 2.15. The highest BCUT2D eigenvalue weighted by atomic mass is 32.2. The summed E-state index contributed by atoms with van der Waals surface area (Å²) in [7, 11) is -1.85. The summed E-state index contributed by atoms with van der Waals surface area (Å²) in [5.41, 5.74) is 1.76. The molecular formula is C21H28N2O5S. The molecule has 2 aromatic carbocycles. The average Bonchev–Trinajstić information content (AvgIpc) is 2.70. The van der Waals surface area contributed by atoms with Crippen molar-refractivity contribution >= 4 is 21.6 Å². The Morgan fingerprint density at radius 3 is 2.21 bits per heavy atom. The number of rotatable bonds is 10. The van der Waals surface area contributed by atoms with Crippen LogP contribution in [0.15, 0.2) is 48.5 Å². The van der Waals surface area contributed by atoms with Crippen LogP contribution in [0.4, 0.5) is 5.69 Å². The molecule has 0 aliphatic carbocycles. The summed E-state index contributed by atoms with van der Waals surface area (Å²) in [6.07, 6.45) is 1.41.